The number of allylic oxidation sites excluding steroid dienone is 4. The van der Waals surface area contributed by atoms with Gasteiger partial charge in [0.1, 0.15) is 0 Å². The Kier molecular flexibility index (Phi) is 614. The van der Waals surface area contributed by atoms with Gasteiger partial charge in [0, 0.05) is 13.2 Å². The molecule has 0 aliphatic heterocycles. The third-order valence-corrected chi connectivity index (χ3v) is 2.75. The van der Waals surface area contributed by atoms with E-state index in [9.17, 15) is 0 Å². The van der Waals surface area contributed by atoms with Crippen LogP contribution in [0.4, 0.5) is 0 Å². The molecule has 0 aliphatic rings. The van der Waals surface area contributed by atoms with Gasteiger partial charge in [-0.25, -0.2) is 0 Å². The van der Waals surface area contributed by atoms with Crippen LogP contribution in [0.3, 0.4) is 0 Å². The van der Waals surface area contributed by atoms with Crippen LogP contribution in [-0.2, 0) is 9.47 Å². The molecule has 0 aromatic carbocycles. The lowest BCUT2D eigenvalue weighted by Gasteiger charge is -1.97. The normalized spacial score (nSPS) is 5.62. The Labute approximate surface area is 282 Å². The van der Waals surface area contributed by atoms with Gasteiger partial charge in [0.05, 0.1) is 13.2 Å². The van der Waals surface area contributed by atoms with Crippen molar-refractivity contribution in [2.24, 2.45) is 0 Å². The van der Waals surface area contributed by atoms with Gasteiger partial charge in [-0.15, -0.1) is 11.5 Å². The van der Waals surface area contributed by atoms with Crippen molar-refractivity contribution in [3.63, 3.8) is 0 Å². The minimum absolute atomic E-state index is 0. The molecule has 0 aliphatic carbocycles. The van der Waals surface area contributed by atoms with Crippen LogP contribution in [0.2, 0.25) is 0 Å². The highest BCUT2D eigenvalue weighted by Gasteiger charge is 1.83. The lowest BCUT2D eigenvalue weighted by Crippen LogP contribution is -1.92. The average Bonchev–Trinajstić information content (AvgIpc) is 2.60. The summed E-state index contributed by atoms with van der Waals surface area (Å²) in [5.41, 5.74) is 5.99. The van der Waals surface area contributed by atoms with Gasteiger partial charge in [-0.2, -0.15) is 0 Å². The standard InChI is InChI=1S/C12H18O.C10H18O.18CH4/c1-3-5-7-8-10-12-13-11-9-6-4-2;1-3-5-7-8-10-11-9-6-4-2;;;;;;;;;;;;;;;;;;/h3-4,7,9H,8,10-12H2,1-2H3;3-6H,7-10H2,1-2H3;18*1H4. The Balaban J connectivity index is -0.00000000900. The first kappa shape index (κ1) is 151. The van der Waals surface area contributed by atoms with E-state index in [2.05, 4.69) is 23.6 Å². The van der Waals surface area contributed by atoms with Gasteiger partial charge in [0.2, 0.25) is 0 Å². The minimum atomic E-state index is 0. The van der Waals surface area contributed by atoms with E-state index in [4.69, 9.17) is 9.47 Å². The van der Waals surface area contributed by atoms with Crippen molar-refractivity contribution in [1.82, 2.24) is 0 Å². The monoisotopic (exact) mass is 621 g/mol. The van der Waals surface area contributed by atoms with E-state index in [0.717, 1.165) is 45.5 Å². The molecular formula is C40H108O2. The molecule has 0 aromatic heterocycles. The summed E-state index contributed by atoms with van der Waals surface area (Å²) < 4.78 is 10.6. The Hall–Kier alpha value is -1.56. The summed E-state index contributed by atoms with van der Waals surface area (Å²) in [5, 5.41) is 0. The Morgan fingerprint density at radius 2 is 0.738 bits per heavy atom. The summed E-state index contributed by atoms with van der Waals surface area (Å²) in [5.74, 6) is 0. The molecule has 0 rings (SSSR count). The molecule has 42 heavy (non-hydrogen) atoms. The maximum absolute atomic E-state index is 5.32. The zero-order valence-electron chi connectivity index (χ0n) is 16.1. The van der Waals surface area contributed by atoms with Gasteiger partial charge in [-0.1, -0.05) is 158 Å². The molecule has 0 spiro atoms. The molecule has 0 unspecified atom stereocenters. The molecule has 0 N–H and O–H groups in total. The topological polar surface area (TPSA) is 18.5 Å². The van der Waals surface area contributed by atoms with E-state index in [1.165, 1.54) is 0 Å². The molecule has 0 atom stereocenters. The van der Waals surface area contributed by atoms with Gasteiger partial charge >= 0.3 is 0 Å². The summed E-state index contributed by atoms with van der Waals surface area (Å²) in [7, 11) is 0. The van der Waals surface area contributed by atoms with Gasteiger partial charge in [0.15, 0.2) is 0 Å². The molecule has 0 amide bonds. The van der Waals surface area contributed by atoms with Crippen molar-refractivity contribution >= 4 is 0 Å². The van der Waals surface area contributed by atoms with Crippen LogP contribution in [-0.4, -0.2) is 26.4 Å². The molecule has 0 heterocycles. The fraction of sp³-hybridized carbons (Fsp3) is 0.750. The third kappa shape index (κ3) is 199. The minimum Gasteiger partial charge on any atom is -0.377 e. The summed E-state index contributed by atoms with van der Waals surface area (Å²) in [6, 6.07) is 0. The molecule has 0 saturated heterocycles. The molecular weight excluding hydrogens is 512 g/mol. The smallest absolute Gasteiger partial charge is 0.0721 e. The first-order valence-electron chi connectivity index (χ1n) is 8.92. The van der Waals surface area contributed by atoms with Crippen LogP contribution in [0, 0.1) is 0 Å². The number of ether oxygens (including phenoxy) is 2. The van der Waals surface area contributed by atoms with E-state index in [1.54, 1.807) is 0 Å². The predicted molar refractivity (Wildman–Crippen MR) is 228 cm³/mol. The van der Waals surface area contributed by atoms with Crippen molar-refractivity contribution in [3.8, 4) is 0 Å². The Morgan fingerprint density at radius 3 is 1.10 bits per heavy atom. The summed E-state index contributed by atoms with van der Waals surface area (Å²) >= 11 is 0. The van der Waals surface area contributed by atoms with Crippen molar-refractivity contribution in [2.75, 3.05) is 26.4 Å². The fourth-order valence-electron chi connectivity index (χ4n) is 1.51. The average molecular weight is 621 g/mol. The van der Waals surface area contributed by atoms with Gasteiger partial charge in [-0.3, -0.25) is 0 Å². The van der Waals surface area contributed by atoms with E-state index in [0.29, 0.717) is 6.61 Å². The van der Waals surface area contributed by atoms with Crippen molar-refractivity contribution in [3.05, 3.63) is 60.1 Å². The number of unbranched alkanes of at least 4 members (excludes halogenated alkanes) is 2. The van der Waals surface area contributed by atoms with Crippen LogP contribution < -0.4 is 0 Å². The van der Waals surface area contributed by atoms with Crippen LogP contribution in [0.25, 0.3) is 0 Å². The lowest BCUT2D eigenvalue weighted by atomic mass is 10.3. The first-order chi connectivity index (χ1) is 11.8. The predicted octanol–water partition coefficient (Wildman–Crippen LogP) is 17.6. The van der Waals surface area contributed by atoms with E-state index < -0.39 is 0 Å². The number of hydrogen-bond donors (Lipinski definition) is 0. The zero-order chi connectivity index (χ0) is 18.1. The van der Waals surface area contributed by atoms with Crippen LogP contribution in [0.15, 0.2) is 60.1 Å². The van der Waals surface area contributed by atoms with Crippen molar-refractivity contribution < 1.29 is 9.47 Å². The molecule has 0 bridgehead atoms. The van der Waals surface area contributed by atoms with Crippen molar-refractivity contribution in [1.29, 1.82) is 0 Å². The zero-order valence-corrected chi connectivity index (χ0v) is 16.1. The largest absolute Gasteiger partial charge is 0.377 e. The molecule has 280 valence electrons. The number of hydrogen-bond acceptors (Lipinski definition) is 2. The second-order valence-electron chi connectivity index (χ2n) is 4.89. The van der Waals surface area contributed by atoms with Crippen molar-refractivity contribution in [2.45, 2.75) is 187 Å². The highest BCUT2D eigenvalue weighted by atomic mass is 16.5. The van der Waals surface area contributed by atoms with Crippen LogP contribution in [0.1, 0.15) is 187 Å². The lowest BCUT2D eigenvalue weighted by molar-refractivity contribution is 0.160. The van der Waals surface area contributed by atoms with E-state index in [-0.39, 0.29) is 134 Å². The molecule has 2 heteroatoms. The molecule has 0 fully saturated rings. The summed E-state index contributed by atoms with van der Waals surface area (Å²) in [6.45, 7) is 11.1. The first-order valence-corrected chi connectivity index (χ1v) is 8.92. The summed E-state index contributed by atoms with van der Waals surface area (Å²) in [4.78, 5) is 0. The maximum atomic E-state index is 5.32. The third-order valence-electron chi connectivity index (χ3n) is 2.75. The van der Waals surface area contributed by atoms with Crippen LogP contribution in [0.5, 0.6) is 0 Å². The Morgan fingerprint density at radius 1 is 0.405 bits per heavy atom. The number of rotatable bonds is 12. The SMILES string of the molecule is C.C.C.C.C.C.C.C.C.C.C.C.C.C.C.C.C.C.CC=C=CCCCOCC=C=CC.CC=CCCCOCC=CC. The molecule has 0 aromatic rings. The second kappa shape index (κ2) is 171. The molecule has 0 saturated carbocycles. The Bertz CT molecular complexity index is 367. The van der Waals surface area contributed by atoms with Crippen LogP contribution >= 0.6 is 0 Å². The highest BCUT2D eigenvalue weighted by molar-refractivity contribution is 4.82. The van der Waals surface area contributed by atoms with Gasteiger partial charge in [-0.05, 0) is 77.7 Å². The quantitative estimate of drug-likeness (QED) is 0.123. The van der Waals surface area contributed by atoms with E-state index >= 15 is 0 Å². The molecule has 0 radical (unpaired) electrons. The van der Waals surface area contributed by atoms with Gasteiger partial charge in [0.25, 0.3) is 0 Å². The second-order valence-corrected chi connectivity index (χ2v) is 4.89. The van der Waals surface area contributed by atoms with E-state index in [1.807, 2.05) is 64.2 Å². The maximum Gasteiger partial charge on any atom is 0.0721 e. The summed E-state index contributed by atoms with van der Waals surface area (Å²) in [6.07, 6.45) is 20.3. The molecule has 2 nitrogen and oxygen atoms in total. The highest BCUT2D eigenvalue weighted by Crippen LogP contribution is 1.92. The van der Waals surface area contributed by atoms with Gasteiger partial charge < -0.3 is 9.47 Å². The fourth-order valence-corrected chi connectivity index (χ4v) is 1.51.